The summed E-state index contributed by atoms with van der Waals surface area (Å²) in [5, 5.41) is 109. The third kappa shape index (κ3) is 5.37. The van der Waals surface area contributed by atoms with Gasteiger partial charge in [-0.25, -0.2) is 0 Å². The van der Waals surface area contributed by atoms with Crippen LogP contribution in [0.5, 0.6) is 0 Å². The normalized spacial score (nSPS) is 52.5. The van der Waals surface area contributed by atoms with Crippen LogP contribution in [0, 0.1) is 0 Å². The van der Waals surface area contributed by atoms with Gasteiger partial charge in [-0.1, -0.05) is 0 Å². The van der Waals surface area contributed by atoms with Crippen molar-refractivity contribution in [1.29, 1.82) is 0 Å². The van der Waals surface area contributed by atoms with Gasteiger partial charge >= 0.3 is 0 Å². The minimum Gasteiger partial charge on any atom is -0.394 e. The van der Waals surface area contributed by atoms with Crippen LogP contribution >= 0.6 is 0 Å². The Labute approximate surface area is 192 Å². The molecule has 0 bridgehead atoms. The van der Waals surface area contributed by atoms with Crippen LogP contribution < -0.4 is 0 Å². The van der Waals surface area contributed by atoms with Gasteiger partial charge in [0.25, 0.3) is 0 Å². The van der Waals surface area contributed by atoms with Crippen LogP contribution in [0.1, 0.15) is 0 Å². The number of aliphatic hydroxyl groups excluding tert-OH is 11. The van der Waals surface area contributed by atoms with Crippen molar-refractivity contribution >= 4 is 0 Å². The highest BCUT2D eigenvalue weighted by atomic mass is 16.8. The van der Waals surface area contributed by atoms with E-state index in [0.29, 0.717) is 0 Å². The van der Waals surface area contributed by atoms with Crippen LogP contribution in [-0.2, 0) is 23.7 Å². The largest absolute Gasteiger partial charge is 0.394 e. The molecule has 3 aliphatic heterocycles. The average molecular weight is 504 g/mol. The minimum absolute atomic E-state index is 0.741. The van der Waals surface area contributed by atoms with Crippen LogP contribution in [0.15, 0.2) is 0 Å². The second-order valence-corrected chi connectivity index (χ2v) is 8.33. The van der Waals surface area contributed by atoms with Gasteiger partial charge in [0.15, 0.2) is 18.9 Å². The molecule has 0 aromatic rings. The molecule has 200 valence electrons. The van der Waals surface area contributed by atoms with E-state index in [4.69, 9.17) is 23.7 Å². The molecule has 16 heteroatoms. The highest BCUT2D eigenvalue weighted by Gasteiger charge is 2.53. The molecule has 3 aliphatic rings. The van der Waals surface area contributed by atoms with Crippen molar-refractivity contribution in [3.05, 3.63) is 0 Å². The van der Waals surface area contributed by atoms with Crippen molar-refractivity contribution < 1.29 is 79.9 Å². The van der Waals surface area contributed by atoms with E-state index < -0.39 is 112 Å². The van der Waals surface area contributed by atoms with Crippen molar-refractivity contribution in [2.75, 3.05) is 19.8 Å². The molecular formula is C18H32O16. The topological polar surface area (TPSA) is 269 Å². The fourth-order valence-corrected chi connectivity index (χ4v) is 4.06. The van der Waals surface area contributed by atoms with Gasteiger partial charge in [-0.3, -0.25) is 0 Å². The Morgan fingerprint density at radius 3 is 1.35 bits per heavy atom. The van der Waals surface area contributed by atoms with Gasteiger partial charge in [0.1, 0.15) is 73.2 Å². The van der Waals surface area contributed by atoms with E-state index in [1.54, 1.807) is 0 Å². The van der Waals surface area contributed by atoms with Crippen molar-refractivity contribution in [3.8, 4) is 0 Å². The number of aliphatic hydroxyl groups is 11. The molecule has 3 saturated heterocycles. The molecule has 0 aromatic heterocycles. The first-order valence-electron chi connectivity index (χ1n) is 10.6. The standard InChI is InChI=1S/C18H32O16/c19-1-4-7(22)8(23)12(27)17(31-4)34-15-6(3-21)32-18(13(28)10(15)25)33-14-5(2-20)30-16(29)11(26)9(14)24/h4-29H,1-3H2/t4-,5-,6-,7-,8+,9-,10-,11-,12-,13-,14-,15-,16-,17?,18-/m1/s1. The summed E-state index contributed by atoms with van der Waals surface area (Å²) in [6.07, 6.45) is -25.1. The lowest BCUT2D eigenvalue weighted by atomic mass is 9.96. The summed E-state index contributed by atoms with van der Waals surface area (Å²) in [5.41, 5.74) is 0. The number of hydrogen-bond donors (Lipinski definition) is 11. The first-order chi connectivity index (χ1) is 16.0. The van der Waals surface area contributed by atoms with Crippen molar-refractivity contribution in [3.63, 3.8) is 0 Å². The maximum Gasteiger partial charge on any atom is 0.187 e. The Kier molecular flexibility index (Phi) is 9.54. The summed E-state index contributed by atoms with van der Waals surface area (Å²) < 4.78 is 26.4. The fourth-order valence-electron chi connectivity index (χ4n) is 4.06. The lowest BCUT2D eigenvalue weighted by Crippen LogP contribution is -2.66. The van der Waals surface area contributed by atoms with Crippen molar-refractivity contribution in [1.82, 2.24) is 0 Å². The quantitative estimate of drug-likeness (QED) is 0.154. The molecule has 3 fully saturated rings. The second kappa shape index (κ2) is 11.6. The molecular weight excluding hydrogens is 472 g/mol. The lowest BCUT2D eigenvalue weighted by Gasteiger charge is -2.47. The third-order valence-electron chi connectivity index (χ3n) is 6.09. The lowest BCUT2D eigenvalue weighted by molar-refractivity contribution is -0.377. The summed E-state index contributed by atoms with van der Waals surface area (Å²) in [4.78, 5) is 0. The fraction of sp³-hybridized carbons (Fsp3) is 1.00. The van der Waals surface area contributed by atoms with E-state index >= 15 is 0 Å². The first-order valence-corrected chi connectivity index (χ1v) is 10.6. The number of ether oxygens (including phenoxy) is 5. The number of hydrogen-bond acceptors (Lipinski definition) is 16. The molecule has 34 heavy (non-hydrogen) atoms. The Balaban J connectivity index is 1.72. The van der Waals surface area contributed by atoms with Crippen LogP contribution in [0.4, 0.5) is 0 Å². The first kappa shape index (κ1) is 27.9. The maximum absolute atomic E-state index is 10.6. The van der Waals surface area contributed by atoms with Crippen LogP contribution in [0.2, 0.25) is 0 Å². The molecule has 0 saturated carbocycles. The van der Waals surface area contributed by atoms with Gasteiger partial charge in [-0.2, -0.15) is 0 Å². The molecule has 1 unspecified atom stereocenters. The Hall–Kier alpha value is -0.640. The van der Waals surface area contributed by atoms with Crippen LogP contribution in [-0.4, -0.2) is 168 Å². The van der Waals surface area contributed by atoms with Crippen molar-refractivity contribution in [2.24, 2.45) is 0 Å². The van der Waals surface area contributed by atoms with E-state index in [0.717, 1.165) is 0 Å². The third-order valence-corrected chi connectivity index (χ3v) is 6.09. The van der Waals surface area contributed by atoms with Gasteiger partial charge in [0.05, 0.1) is 19.8 Å². The molecule has 0 aliphatic carbocycles. The predicted molar refractivity (Wildman–Crippen MR) is 101 cm³/mol. The highest BCUT2D eigenvalue weighted by Crippen LogP contribution is 2.32. The van der Waals surface area contributed by atoms with E-state index in [1.165, 1.54) is 0 Å². The molecule has 0 amide bonds. The molecule has 15 atom stereocenters. The van der Waals surface area contributed by atoms with E-state index in [2.05, 4.69) is 0 Å². The average Bonchev–Trinajstić information content (AvgIpc) is 2.83. The zero-order valence-electron chi connectivity index (χ0n) is 17.7. The SMILES string of the molecule is OC[C@H]1OC(O[C@H]2[C@H](O)[C@@H](O)[C@@H](O[C@H]3[C@H](O)[C@@H](O)[C@H](O)O[C@@H]3CO)O[C@@H]2CO)[C@H](O)[C@@H](O)[C@@H]1O. The Bertz CT molecular complexity index is 635. The molecule has 0 spiro atoms. The van der Waals surface area contributed by atoms with Gasteiger partial charge in [0.2, 0.25) is 0 Å². The Morgan fingerprint density at radius 2 is 0.853 bits per heavy atom. The van der Waals surface area contributed by atoms with Gasteiger partial charge in [-0.15, -0.1) is 0 Å². The minimum atomic E-state index is -1.91. The second-order valence-electron chi connectivity index (χ2n) is 8.33. The maximum atomic E-state index is 10.6. The highest BCUT2D eigenvalue weighted by molar-refractivity contribution is 4.96. The summed E-state index contributed by atoms with van der Waals surface area (Å²) in [7, 11) is 0. The van der Waals surface area contributed by atoms with Gasteiger partial charge in [0, 0.05) is 0 Å². The predicted octanol–water partition coefficient (Wildman–Crippen LogP) is -7.57. The van der Waals surface area contributed by atoms with Crippen LogP contribution in [0.3, 0.4) is 0 Å². The summed E-state index contributed by atoms with van der Waals surface area (Å²) >= 11 is 0. The monoisotopic (exact) mass is 504 g/mol. The zero-order chi connectivity index (χ0) is 25.3. The van der Waals surface area contributed by atoms with E-state index in [-0.39, 0.29) is 0 Å². The Morgan fingerprint density at radius 1 is 0.441 bits per heavy atom. The summed E-state index contributed by atoms with van der Waals surface area (Å²) in [6.45, 7) is -2.32. The molecule has 0 radical (unpaired) electrons. The van der Waals surface area contributed by atoms with E-state index in [1.807, 2.05) is 0 Å². The molecule has 11 N–H and O–H groups in total. The van der Waals surface area contributed by atoms with E-state index in [9.17, 15) is 56.2 Å². The molecule has 3 rings (SSSR count). The summed E-state index contributed by atoms with van der Waals surface area (Å²) in [5.74, 6) is 0. The number of rotatable bonds is 7. The molecule has 16 nitrogen and oxygen atoms in total. The van der Waals surface area contributed by atoms with Crippen molar-refractivity contribution in [2.45, 2.75) is 92.1 Å². The smallest absolute Gasteiger partial charge is 0.187 e. The van der Waals surface area contributed by atoms with Gasteiger partial charge < -0.3 is 79.9 Å². The van der Waals surface area contributed by atoms with Crippen LogP contribution in [0.25, 0.3) is 0 Å². The summed E-state index contributed by atoms with van der Waals surface area (Å²) in [6, 6.07) is 0. The molecule has 3 heterocycles. The molecule has 0 aromatic carbocycles. The van der Waals surface area contributed by atoms with Gasteiger partial charge in [-0.05, 0) is 0 Å². The zero-order valence-corrected chi connectivity index (χ0v) is 17.7.